The zero-order chi connectivity index (χ0) is 14.2. The van der Waals surface area contributed by atoms with E-state index in [4.69, 9.17) is 4.74 Å². The van der Waals surface area contributed by atoms with Crippen LogP contribution in [0.25, 0.3) is 0 Å². The fourth-order valence-corrected chi connectivity index (χ4v) is 1.63. The van der Waals surface area contributed by atoms with Gasteiger partial charge in [0.05, 0.1) is 26.4 Å². The summed E-state index contributed by atoms with van der Waals surface area (Å²) in [5.74, 6) is 0.669. The normalized spacial score (nSPS) is 10.2. The first-order valence-corrected chi connectivity index (χ1v) is 6.26. The van der Waals surface area contributed by atoms with E-state index in [0.717, 1.165) is 11.4 Å². The Hall–Kier alpha value is -2.41. The van der Waals surface area contributed by atoms with E-state index in [0.29, 0.717) is 13.1 Å². The molecule has 20 heavy (non-hydrogen) atoms. The molecule has 0 saturated heterocycles. The molecule has 0 fully saturated rings. The molecule has 2 rings (SSSR count). The number of nitrogens with one attached hydrogen (secondary N) is 2. The minimum Gasteiger partial charge on any atom is -0.497 e. The second-order valence-electron chi connectivity index (χ2n) is 4.12. The zero-order valence-electron chi connectivity index (χ0n) is 11.2. The number of amides is 1. The fourth-order valence-electron chi connectivity index (χ4n) is 1.63. The average Bonchev–Trinajstić information content (AvgIpc) is 2.98. The first-order valence-electron chi connectivity index (χ1n) is 6.26. The SMILES string of the molecule is COc1ccc(NC(=O)CNCCn2ccnn2)cc1. The summed E-state index contributed by atoms with van der Waals surface area (Å²) in [4.78, 5) is 11.7. The third-order valence-corrected chi connectivity index (χ3v) is 2.65. The monoisotopic (exact) mass is 275 g/mol. The molecule has 0 atom stereocenters. The van der Waals surface area contributed by atoms with Crippen LogP contribution in [0.4, 0.5) is 5.69 Å². The van der Waals surface area contributed by atoms with Crippen molar-refractivity contribution in [3.05, 3.63) is 36.7 Å². The lowest BCUT2D eigenvalue weighted by Gasteiger charge is -2.07. The average molecular weight is 275 g/mol. The molecule has 7 heteroatoms. The molecule has 0 bridgehead atoms. The first-order chi connectivity index (χ1) is 9.78. The summed E-state index contributed by atoms with van der Waals surface area (Å²) < 4.78 is 6.75. The molecule has 2 aromatic rings. The molecule has 0 radical (unpaired) electrons. The molecule has 0 aliphatic rings. The molecular formula is C13H17N5O2. The number of hydrogen-bond acceptors (Lipinski definition) is 5. The molecule has 2 N–H and O–H groups in total. The number of nitrogens with zero attached hydrogens (tertiary/aromatic N) is 3. The smallest absolute Gasteiger partial charge is 0.238 e. The van der Waals surface area contributed by atoms with E-state index in [1.165, 1.54) is 0 Å². The number of anilines is 1. The molecule has 0 aliphatic heterocycles. The summed E-state index contributed by atoms with van der Waals surface area (Å²) in [6, 6.07) is 7.19. The van der Waals surface area contributed by atoms with Crippen LogP contribution in [0.1, 0.15) is 0 Å². The number of benzene rings is 1. The summed E-state index contributed by atoms with van der Waals surface area (Å²) >= 11 is 0. The van der Waals surface area contributed by atoms with Gasteiger partial charge in [-0.25, -0.2) is 0 Å². The molecule has 1 amide bonds. The Balaban J connectivity index is 1.66. The van der Waals surface area contributed by atoms with Gasteiger partial charge in [0.25, 0.3) is 0 Å². The number of methoxy groups -OCH3 is 1. The van der Waals surface area contributed by atoms with Gasteiger partial charge in [-0.05, 0) is 24.3 Å². The van der Waals surface area contributed by atoms with Gasteiger partial charge in [0, 0.05) is 18.4 Å². The van der Waals surface area contributed by atoms with Crippen LogP contribution in [-0.2, 0) is 11.3 Å². The third kappa shape index (κ3) is 4.36. The topological polar surface area (TPSA) is 81.1 Å². The molecule has 1 heterocycles. The lowest BCUT2D eigenvalue weighted by Crippen LogP contribution is -2.30. The van der Waals surface area contributed by atoms with Crippen molar-refractivity contribution in [2.45, 2.75) is 6.54 Å². The van der Waals surface area contributed by atoms with E-state index in [9.17, 15) is 4.79 Å². The second-order valence-corrected chi connectivity index (χ2v) is 4.12. The maximum atomic E-state index is 11.7. The van der Waals surface area contributed by atoms with Crippen molar-refractivity contribution < 1.29 is 9.53 Å². The van der Waals surface area contributed by atoms with E-state index < -0.39 is 0 Å². The Bertz CT molecular complexity index is 524. The van der Waals surface area contributed by atoms with Crippen LogP contribution in [0.2, 0.25) is 0 Å². The van der Waals surface area contributed by atoms with Crippen LogP contribution in [0, 0.1) is 0 Å². The predicted octanol–water partition coefficient (Wildman–Crippen LogP) is 0.515. The molecule has 1 aromatic carbocycles. The first kappa shape index (κ1) is 14.0. The molecule has 106 valence electrons. The predicted molar refractivity (Wildman–Crippen MR) is 74.5 cm³/mol. The Labute approximate surface area is 116 Å². The Morgan fingerprint density at radius 1 is 1.35 bits per heavy atom. The molecule has 7 nitrogen and oxygen atoms in total. The molecule has 0 unspecified atom stereocenters. The van der Waals surface area contributed by atoms with Gasteiger partial charge < -0.3 is 15.4 Å². The highest BCUT2D eigenvalue weighted by Crippen LogP contribution is 2.14. The van der Waals surface area contributed by atoms with Gasteiger partial charge in [0.15, 0.2) is 0 Å². The Morgan fingerprint density at radius 2 is 2.15 bits per heavy atom. The highest BCUT2D eigenvalue weighted by molar-refractivity contribution is 5.92. The quantitative estimate of drug-likeness (QED) is 0.720. The van der Waals surface area contributed by atoms with Crippen molar-refractivity contribution in [3.8, 4) is 5.75 Å². The molecule has 0 spiro atoms. The van der Waals surface area contributed by atoms with Crippen LogP contribution in [0.15, 0.2) is 36.7 Å². The largest absolute Gasteiger partial charge is 0.497 e. The molecule has 1 aromatic heterocycles. The third-order valence-electron chi connectivity index (χ3n) is 2.65. The minimum atomic E-state index is -0.0891. The lowest BCUT2D eigenvalue weighted by atomic mass is 10.3. The van der Waals surface area contributed by atoms with Crippen LogP contribution in [0.3, 0.4) is 0 Å². The van der Waals surface area contributed by atoms with E-state index in [2.05, 4.69) is 20.9 Å². The number of aromatic nitrogens is 3. The van der Waals surface area contributed by atoms with Crippen molar-refractivity contribution in [2.75, 3.05) is 25.5 Å². The summed E-state index contributed by atoms with van der Waals surface area (Å²) in [6.07, 6.45) is 3.40. The van der Waals surface area contributed by atoms with E-state index >= 15 is 0 Å². The Kier molecular flexibility index (Phi) is 5.08. The van der Waals surface area contributed by atoms with Crippen LogP contribution in [0.5, 0.6) is 5.75 Å². The highest BCUT2D eigenvalue weighted by Gasteiger charge is 2.02. The van der Waals surface area contributed by atoms with Gasteiger partial charge in [-0.3, -0.25) is 9.48 Å². The van der Waals surface area contributed by atoms with E-state index in [-0.39, 0.29) is 12.5 Å². The van der Waals surface area contributed by atoms with Gasteiger partial charge >= 0.3 is 0 Å². The van der Waals surface area contributed by atoms with Crippen molar-refractivity contribution >= 4 is 11.6 Å². The lowest BCUT2D eigenvalue weighted by molar-refractivity contribution is -0.115. The maximum absolute atomic E-state index is 11.7. The zero-order valence-corrected chi connectivity index (χ0v) is 11.2. The maximum Gasteiger partial charge on any atom is 0.238 e. The van der Waals surface area contributed by atoms with Gasteiger partial charge in [-0.2, -0.15) is 0 Å². The van der Waals surface area contributed by atoms with E-state index in [1.807, 2.05) is 0 Å². The van der Waals surface area contributed by atoms with Crippen molar-refractivity contribution in [3.63, 3.8) is 0 Å². The van der Waals surface area contributed by atoms with Crippen molar-refractivity contribution in [1.82, 2.24) is 20.3 Å². The number of carbonyl (C=O) groups is 1. The summed E-state index contributed by atoms with van der Waals surface area (Å²) in [6.45, 7) is 1.58. The van der Waals surface area contributed by atoms with Gasteiger partial charge in [-0.15, -0.1) is 5.10 Å². The van der Waals surface area contributed by atoms with Crippen LogP contribution >= 0.6 is 0 Å². The number of carbonyl (C=O) groups excluding carboxylic acids is 1. The number of rotatable bonds is 7. The van der Waals surface area contributed by atoms with Gasteiger partial charge in [-0.1, -0.05) is 5.21 Å². The molecular weight excluding hydrogens is 258 g/mol. The number of hydrogen-bond donors (Lipinski definition) is 2. The fraction of sp³-hybridized carbons (Fsp3) is 0.308. The number of ether oxygens (including phenoxy) is 1. The standard InChI is InChI=1S/C13H17N5O2/c1-20-12-4-2-11(3-5-12)16-13(19)10-14-6-8-18-9-7-15-17-18/h2-5,7,9,14H,6,8,10H2,1H3,(H,16,19). The molecule has 0 saturated carbocycles. The molecule has 0 aliphatic carbocycles. The van der Waals surface area contributed by atoms with Gasteiger partial charge in [0.1, 0.15) is 5.75 Å². The Morgan fingerprint density at radius 3 is 2.80 bits per heavy atom. The van der Waals surface area contributed by atoms with E-state index in [1.54, 1.807) is 48.5 Å². The van der Waals surface area contributed by atoms with Crippen LogP contribution in [-0.4, -0.2) is 41.1 Å². The van der Waals surface area contributed by atoms with Crippen molar-refractivity contribution in [2.24, 2.45) is 0 Å². The summed E-state index contributed by atoms with van der Waals surface area (Å²) in [7, 11) is 1.60. The summed E-state index contributed by atoms with van der Waals surface area (Å²) in [5.41, 5.74) is 0.744. The minimum absolute atomic E-state index is 0.0891. The second kappa shape index (κ2) is 7.25. The highest BCUT2D eigenvalue weighted by atomic mass is 16.5. The van der Waals surface area contributed by atoms with Gasteiger partial charge in [0.2, 0.25) is 5.91 Å². The summed E-state index contributed by atoms with van der Waals surface area (Å²) in [5, 5.41) is 13.4. The van der Waals surface area contributed by atoms with Crippen molar-refractivity contribution in [1.29, 1.82) is 0 Å². The van der Waals surface area contributed by atoms with Crippen LogP contribution < -0.4 is 15.4 Å².